The quantitative estimate of drug-likeness (QED) is 0.834. The second-order valence-electron chi connectivity index (χ2n) is 7.46. The van der Waals surface area contributed by atoms with Gasteiger partial charge in [0.15, 0.2) is 0 Å². The lowest BCUT2D eigenvalue weighted by Gasteiger charge is -2.24. The number of hydrogen-bond acceptors (Lipinski definition) is 5. The van der Waals surface area contributed by atoms with Crippen LogP contribution in [0.25, 0.3) is 0 Å². The van der Waals surface area contributed by atoms with Crippen molar-refractivity contribution < 1.29 is 4.79 Å². The molecule has 1 aliphatic carbocycles. The van der Waals surface area contributed by atoms with Crippen molar-refractivity contribution in [2.24, 2.45) is 0 Å². The van der Waals surface area contributed by atoms with E-state index in [4.69, 9.17) is 0 Å². The molecule has 2 fully saturated rings. The molecule has 0 N–H and O–H groups in total. The summed E-state index contributed by atoms with van der Waals surface area (Å²) in [5, 5.41) is 17.3. The van der Waals surface area contributed by atoms with Gasteiger partial charge in [-0.15, -0.1) is 5.10 Å². The highest BCUT2D eigenvalue weighted by Gasteiger charge is 2.45. The smallest absolute Gasteiger partial charge is 0.253 e. The predicted molar refractivity (Wildman–Crippen MR) is 95.4 cm³/mol. The molecule has 4 rings (SSSR count). The summed E-state index contributed by atoms with van der Waals surface area (Å²) in [4.78, 5) is 17.0. The van der Waals surface area contributed by atoms with Gasteiger partial charge in [-0.1, -0.05) is 17.3 Å². The molecule has 7 nitrogen and oxygen atoms in total. The average molecular weight is 350 g/mol. The van der Waals surface area contributed by atoms with E-state index >= 15 is 0 Å². The standard InChI is InChI=1S/C19H22N6O/c1-23(2)16-11-24(12-17(16)25-10-9-21-22-25)18(26)14-3-5-15(6-4-14)19(13-20)7-8-19/h3-6,9-10,16-17H,7-8,11-12H2,1-2H3/t16-,17+/m1/s1. The Labute approximate surface area is 152 Å². The van der Waals surface area contributed by atoms with Crippen molar-refractivity contribution in [3.8, 4) is 6.07 Å². The number of hydrogen-bond donors (Lipinski definition) is 0. The van der Waals surface area contributed by atoms with Crippen molar-refractivity contribution in [3.05, 3.63) is 47.8 Å². The lowest BCUT2D eigenvalue weighted by atomic mass is 9.96. The molecule has 0 spiro atoms. The molecule has 1 amide bonds. The maximum absolute atomic E-state index is 13.0. The molecule has 0 unspecified atom stereocenters. The highest BCUT2D eigenvalue weighted by molar-refractivity contribution is 5.94. The van der Waals surface area contributed by atoms with Crippen LogP contribution >= 0.6 is 0 Å². The number of rotatable bonds is 4. The van der Waals surface area contributed by atoms with E-state index in [1.165, 1.54) is 0 Å². The van der Waals surface area contributed by atoms with Crippen LogP contribution in [0, 0.1) is 11.3 Å². The molecule has 134 valence electrons. The van der Waals surface area contributed by atoms with E-state index < -0.39 is 0 Å². The van der Waals surface area contributed by atoms with E-state index in [1.807, 2.05) is 54.1 Å². The number of carbonyl (C=O) groups is 1. The summed E-state index contributed by atoms with van der Waals surface area (Å²) in [6.07, 6.45) is 5.33. The van der Waals surface area contributed by atoms with Gasteiger partial charge in [-0.2, -0.15) is 5.26 Å². The van der Waals surface area contributed by atoms with Gasteiger partial charge in [0.25, 0.3) is 5.91 Å². The van der Waals surface area contributed by atoms with Gasteiger partial charge in [-0.25, -0.2) is 4.68 Å². The molecule has 1 aromatic heterocycles. The molecule has 1 aromatic carbocycles. The first-order valence-electron chi connectivity index (χ1n) is 8.87. The summed E-state index contributed by atoms with van der Waals surface area (Å²) < 4.78 is 1.84. The maximum Gasteiger partial charge on any atom is 0.253 e. The van der Waals surface area contributed by atoms with Gasteiger partial charge < -0.3 is 9.80 Å². The average Bonchev–Trinajstić information content (AvgIpc) is 3.07. The third-order valence-electron chi connectivity index (χ3n) is 5.64. The van der Waals surface area contributed by atoms with Gasteiger partial charge in [0, 0.05) is 24.8 Å². The zero-order valence-electron chi connectivity index (χ0n) is 15.0. The first-order chi connectivity index (χ1) is 12.5. The lowest BCUT2D eigenvalue weighted by Crippen LogP contribution is -2.37. The summed E-state index contributed by atoms with van der Waals surface area (Å²) in [5.74, 6) is 0.0211. The summed E-state index contributed by atoms with van der Waals surface area (Å²) in [6, 6.07) is 10.2. The van der Waals surface area contributed by atoms with E-state index in [0.717, 1.165) is 18.4 Å². The molecule has 2 aliphatic rings. The molecule has 2 aromatic rings. The Morgan fingerprint density at radius 3 is 2.54 bits per heavy atom. The molecule has 0 bridgehead atoms. The lowest BCUT2D eigenvalue weighted by molar-refractivity contribution is 0.0781. The highest BCUT2D eigenvalue weighted by atomic mass is 16.2. The molecule has 1 saturated carbocycles. The zero-order valence-corrected chi connectivity index (χ0v) is 15.0. The van der Waals surface area contributed by atoms with Gasteiger partial charge in [-0.05, 0) is 44.6 Å². The molecule has 2 heterocycles. The normalized spacial score (nSPS) is 23.8. The molecular formula is C19H22N6O. The Balaban J connectivity index is 1.52. The van der Waals surface area contributed by atoms with Crippen LogP contribution in [-0.2, 0) is 5.41 Å². The summed E-state index contributed by atoms with van der Waals surface area (Å²) in [5.41, 5.74) is 1.37. The van der Waals surface area contributed by atoms with Gasteiger partial charge in [0.2, 0.25) is 0 Å². The minimum absolute atomic E-state index is 0.0211. The third-order valence-corrected chi connectivity index (χ3v) is 5.64. The van der Waals surface area contributed by atoms with Crippen LogP contribution in [0.1, 0.15) is 34.8 Å². The monoisotopic (exact) mass is 350 g/mol. The molecule has 1 aliphatic heterocycles. The Kier molecular flexibility index (Phi) is 4.00. The van der Waals surface area contributed by atoms with Gasteiger partial charge in [0.05, 0.1) is 29.8 Å². The van der Waals surface area contributed by atoms with Crippen LogP contribution in [0.5, 0.6) is 0 Å². The fourth-order valence-electron chi connectivity index (χ4n) is 3.80. The Morgan fingerprint density at radius 1 is 1.27 bits per heavy atom. The second kappa shape index (κ2) is 6.22. The fraction of sp³-hybridized carbons (Fsp3) is 0.474. The Bertz CT molecular complexity index is 832. The molecule has 7 heteroatoms. The van der Waals surface area contributed by atoms with Crippen molar-refractivity contribution in [3.63, 3.8) is 0 Å². The molecule has 0 radical (unpaired) electrons. The third kappa shape index (κ3) is 2.76. The van der Waals surface area contributed by atoms with E-state index in [0.29, 0.717) is 18.7 Å². The Morgan fingerprint density at radius 2 is 2.00 bits per heavy atom. The molecule has 1 saturated heterocycles. The number of likely N-dealkylation sites (tertiary alicyclic amines) is 1. The zero-order chi connectivity index (χ0) is 18.3. The summed E-state index contributed by atoms with van der Waals surface area (Å²) >= 11 is 0. The number of aromatic nitrogens is 3. The summed E-state index contributed by atoms with van der Waals surface area (Å²) in [7, 11) is 4.04. The summed E-state index contributed by atoms with van der Waals surface area (Å²) in [6.45, 7) is 1.26. The van der Waals surface area contributed by atoms with Crippen LogP contribution < -0.4 is 0 Å². The number of amides is 1. The number of likely N-dealkylation sites (N-methyl/N-ethyl adjacent to an activating group) is 1. The van der Waals surface area contributed by atoms with Gasteiger partial charge in [-0.3, -0.25) is 4.79 Å². The van der Waals surface area contributed by atoms with Crippen molar-refractivity contribution >= 4 is 5.91 Å². The SMILES string of the molecule is CN(C)[C@@H]1CN(C(=O)c2ccc(C3(C#N)CC3)cc2)C[C@@H]1n1ccnn1. The minimum Gasteiger partial charge on any atom is -0.335 e. The van der Waals surface area contributed by atoms with E-state index in [9.17, 15) is 10.1 Å². The maximum atomic E-state index is 13.0. The number of benzene rings is 1. The van der Waals surface area contributed by atoms with Crippen molar-refractivity contribution in [2.45, 2.75) is 30.3 Å². The first-order valence-corrected chi connectivity index (χ1v) is 8.87. The van der Waals surface area contributed by atoms with Crippen LogP contribution in [0.4, 0.5) is 0 Å². The minimum atomic E-state index is -0.316. The van der Waals surface area contributed by atoms with Crippen LogP contribution in [-0.4, -0.2) is 63.9 Å². The predicted octanol–water partition coefficient (Wildman–Crippen LogP) is 1.46. The van der Waals surface area contributed by atoms with Gasteiger partial charge in [0.1, 0.15) is 0 Å². The van der Waals surface area contributed by atoms with Crippen LogP contribution in [0.15, 0.2) is 36.7 Å². The molecule has 2 atom stereocenters. The second-order valence-corrected chi connectivity index (χ2v) is 7.46. The van der Waals surface area contributed by atoms with Crippen LogP contribution in [0.3, 0.4) is 0 Å². The van der Waals surface area contributed by atoms with Crippen LogP contribution in [0.2, 0.25) is 0 Å². The van der Waals surface area contributed by atoms with Crippen molar-refractivity contribution in [2.75, 3.05) is 27.2 Å². The van der Waals surface area contributed by atoms with E-state index in [-0.39, 0.29) is 23.4 Å². The highest BCUT2D eigenvalue weighted by Crippen LogP contribution is 2.47. The molecule has 26 heavy (non-hydrogen) atoms. The Hall–Kier alpha value is -2.72. The van der Waals surface area contributed by atoms with E-state index in [2.05, 4.69) is 21.3 Å². The fourth-order valence-corrected chi connectivity index (χ4v) is 3.80. The van der Waals surface area contributed by atoms with Crippen molar-refractivity contribution in [1.29, 1.82) is 5.26 Å². The topological polar surface area (TPSA) is 78.0 Å². The number of nitrogens with zero attached hydrogens (tertiary/aromatic N) is 6. The van der Waals surface area contributed by atoms with Gasteiger partial charge >= 0.3 is 0 Å². The number of carbonyl (C=O) groups excluding carboxylic acids is 1. The first kappa shape index (κ1) is 16.7. The molecular weight excluding hydrogens is 328 g/mol. The van der Waals surface area contributed by atoms with E-state index in [1.54, 1.807) is 6.20 Å². The number of nitriles is 1. The largest absolute Gasteiger partial charge is 0.335 e. The van der Waals surface area contributed by atoms with Crippen molar-refractivity contribution in [1.82, 2.24) is 24.8 Å².